The zero-order valence-corrected chi connectivity index (χ0v) is 9.15. The molecule has 0 unspecified atom stereocenters. The van der Waals surface area contributed by atoms with Crippen LogP contribution in [0.2, 0.25) is 5.02 Å². The third kappa shape index (κ3) is 2.89. The van der Waals surface area contributed by atoms with Crippen molar-refractivity contribution < 1.29 is 8.78 Å². The first kappa shape index (κ1) is 11.9. The van der Waals surface area contributed by atoms with Crippen LogP contribution in [-0.4, -0.2) is 5.84 Å². The zero-order chi connectivity index (χ0) is 11.6. The van der Waals surface area contributed by atoms with Crippen molar-refractivity contribution in [1.82, 2.24) is 0 Å². The Morgan fingerprint density at radius 2 is 2.00 bits per heavy atom. The third-order valence-electron chi connectivity index (χ3n) is 1.81. The molecule has 0 aliphatic rings. The van der Waals surface area contributed by atoms with Gasteiger partial charge in [0.1, 0.15) is 17.3 Å². The van der Waals surface area contributed by atoms with E-state index >= 15 is 0 Å². The fraction of sp³-hybridized carbons (Fsp3) is 0.300. The number of halogens is 3. The van der Waals surface area contributed by atoms with E-state index in [1.54, 1.807) is 0 Å². The number of rotatable bonds is 2. The lowest BCUT2D eigenvalue weighted by Crippen LogP contribution is -2.18. The molecule has 0 aliphatic carbocycles. The van der Waals surface area contributed by atoms with E-state index in [0.717, 1.165) is 12.1 Å². The zero-order valence-electron chi connectivity index (χ0n) is 8.39. The number of hydrogen-bond donors (Lipinski definition) is 1. The van der Waals surface area contributed by atoms with E-state index in [2.05, 4.69) is 4.99 Å². The van der Waals surface area contributed by atoms with Gasteiger partial charge in [-0.2, -0.15) is 0 Å². The summed E-state index contributed by atoms with van der Waals surface area (Å²) in [5, 5.41) is -0.0869. The normalized spacial score (nSPS) is 12.3. The van der Waals surface area contributed by atoms with Crippen molar-refractivity contribution in [3.05, 3.63) is 28.8 Å². The van der Waals surface area contributed by atoms with Gasteiger partial charge in [-0.15, -0.1) is 0 Å². The maximum absolute atomic E-state index is 13.2. The highest BCUT2D eigenvalue weighted by Crippen LogP contribution is 2.29. The maximum atomic E-state index is 13.2. The average Bonchev–Trinajstić information content (AvgIpc) is 2.10. The number of aliphatic imine (C=N–C) groups is 1. The molecule has 1 aromatic rings. The minimum Gasteiger partial charge on any atom is -0.387 e. The summed E-state index contributed by atoms with van der Waals surface area (Å²) < 4.78 is 25.9. The summed E-state index contributed by atoms with van der Waals surface area (Å²) in [4.78, 5) is 3.82. The highest BCUT2D eigenvalue weighted by molar-refractivity contribution is 6.33. The molecule has 0 bridgehead atoms. The number of benzene rings is 1. The van der Waals surface area contributed by atoms with E-state index in [4.69, 9.17) is 17.3 Å². The number of nitrogens with two attached hydrogens (primary N) is 1. The molecule has 82 valence electrons. The molecule has 1 aromatic carbocycles. The van der Waals surface area contributed by atoms with Crippen molar-refractivity contribution in [2.75, 3.05) is 0 Å². The molecule has 5 heteroatoms. The Labute approximate surface area is 91.8 Å². The molecular weight excluding hydrogens is 222 g/mol. The largest absolute Gasteiger partial charge is 0.387 e. The van der Waals surface area contributed by atoms with Gasteiger partial charge in [0.05, 0.1) is 5.02 Å². The quantitative estimate of drug-likeness (QED) is 0.617. The molecule has 2 N–H and O–H groups in total. The Hall–Kier alpha value is -1.16. The Bertz CT molecular complexity index is 379. The molecular formula is C10H11ClF2N2. The summed E-state index contributed by atoms with van der Waals surface area (Å²) in [6.07, 6.45) is 0. The van der Waals surface area contributed by atoms with E-state index in [-0.39, 0.29) is 22.5 Å². The van der Waals surface area contributed by atoms with Gasteiger partial charge in [0.2, 0.25) is 0 Å². The van der Waals surface area contributed by atoms with Gasteiger partial charge < -0.3 is 5.73 Å². The molecule has 0 saturated carbocycles. The van der Waals surface area contributed by atoms with Crippen LogP contribution in [0.25, 0.3) is 0 Å². The van der Waals surface area contributed by atoms with Gasteiger partial charge in [0, 0.05) is 12.0 Å². The minimum absolute atomic E-state index is 0.0227. The Morgan fingerprint density at radius 1 is 1.40 bits per heavy atom. The second-order valence-electron chi connectivity index (χ2n) is 3.41. The third-order valence-corrected chi connectivity index (χ3v) is 2.10. The molecule has 0 radical (unpaired) electrons. The van der Waals surface area contributed by atoms with Gasteiger partial charge in [-0.25, -0.2) is 13.8 Å². The second kappa shape index (κ2) is 4.57. The highest BCUT2D eigenvalue weighted by Gasteiger charge is 2.10. The van der Waals surface area contributed by atoms with Crippen molar-refractivity contribution in [3.8, 4) is 0 Å². The Balaban J connectivity index is 3.21. The monoisotopic (exact) mass is 232 g/mol. The summed E-state index contributed by atoms with van der Waals surface area (Å²) in [5.74, 6) is -1.32. The first-order chi connectivity index (χ1) is 6.91. The lowest BCUT2D eigenvalue weighted by molar-refractivity contribution is 0.585. The molecule has 0 spiro atoms. The van der Waals surface area contributed by atoms with Crippen LogP contribution in [0.15, 0.2) is 17.1 Å². The molecule has 1 rings (SSSR count). The number of amidine groups is 1. The molecule has 0 aliphatic heterocycles. The molecule has 15 heavy (non-hydrogen) atoms. The van der Waals surface area contributed by atoms with E-state index in [0.29, 0.717) is 0 Å². The first-order valence-corrected chi connectivity index (χ1v) is 4.78. The van der Waals surface area contributed by atoms with Gasteiger partial charge in [0.25, 0.3) is 0 Å². The number of hydrogen-bond acceptors (Lipinski definition) is 1. The van der Waals surface area contributed by atoms with Crippen molar-refractivity contribution in [2.24, 2.45) is 16.6 Å². The lowest BCUT2D eigenvalue weighted by Gasteiger charge is -2.06. The molecule has 0 heterocycles. The summed E-state index contributed by atoms with van der Waals surface area (Å²) >= 11 is 5.64. The van der Waals surface area contributed by atoms with Gasteiger partial charge >= 0.3 is 0 Å². The van der Waals surface area contributed by atoms with Gasteiger partial charge in [0.15, 0.2) is 5.82 Å². The number of nitrogens with zero attached hydrogens (tertiary/aromatic N) is 1. The summed E-state index contributed by atoms with van der Waals surface area (Å²) in [5.41, 5.74) is 5.43. The van der Waals surface area contributed by atoms with Crippen LogP contribution in [0.5, 0.6) is 0 Å². The van der Waals surface area contributed by atoms with Crippen LogP contribution < -0.4 is 5.73 Å². The predicted octanol–water partition coefficient (Wildman–Crippen LogP) is 3.26. The topological polar surface area (TPSA) is 38.4 Å². The molecule has 0 saturated heterocycles. The van der Waals surface area contributed by atoms with Crippen LogP contribution in [0.1, 0.15) is 13.8 Å². The van der Waals surface area contributed by atoms with Crippen molar-refractivity contribution >= 4 is 23.1 Å². The van der Waals surface area contributed by atoms with Crippen molar-refractivity contribution in [3.63, 3.8) is 0 Å². The lowest BCUT2D eigenvalue weighted by atomic mass is 10.2. The maximum Gasteiger partial charge on any atom is 0.153 e. The fourth-order valence-corrected chi connectivity index (χ4v) is 1.14. The Morgan fingerprint density at radius 3 is 2.47 bits per heavy atom. The SMILES string of the molecule is CC(C)C(N)=Nc1c(F)cc(F)cc1Cl. The molecule has 0 amide bonds. The standard InChI is InChI=1S/C10H11ClF2N2/c1-5(2)10(14)15-9-7(11)3-6(12)4-8(9)13/h3-5H,1-2H3,(H2,14,15). The van der Waals surface area contributed by atoms with Gasteiger partial charge in [-0.1, -0.05) is 25.4 Å². The van der Waals surface area contributed by atoms with Crippen LogP contribution in [0, 0.1) is 17.6 Å². The molecule has 0 fully saturated rings. The van der Waals surface area contributed by atoms with E-state index in [1.807, 2.05) is 13.8 Å². The van der Waals surface area contributed by atoms with Crippen LogP contribution >= 0.6 is 11.6 Å². The predicted molar refractivity (Wildman–Crippen MR) is 57.5 cm³/mol. The van der Waals surface area contributed by atoms with E-state index in [9.17, 15) is 8.78 Å². The van der Waals surface area contributed by atoms with Crippen molar-refractivity contribution in [1.29, 1.82) is 0 Å². The minimum atomic E-state index is -0.816. The van der Waals surface area contributed by atoms with Crippen LogP contribution in [0.4, 0.5) is 14.5 Å². The smallest absolute Gasteiger partial charge is 0.153 e. The molecule has 0 aromatic heterocycles. The summed E-state index contributed by atoms with van der Waals surface area (Å²) in [6, 6.07) is 1.72. The fourth-order valence-electron chi connectivity index (χ4n) is 0.900. The average molecular weight is 233 g/mol. The van der Waals surface area contributed by atoms with E-state index in [1.165, 1.54) is 0 Å². The van der Waals surface area contributed by atoms with Gasteiger partial charge in [-0.05, 0) is 6.07 Å². The second-order valence-corrected chi connectivity index (χ2v) is 3.82. The Kier molecular flexibility index (Phi) is 3.63. The van der Waals surface area contributed by atoms with Crippen molar-refractivity contribution in [2.45, 2.75) is 13.8 Å². The van der Waals surface area contributed by atoms with Gasteiger partial charge in [-0.3, -0.25) is 0 Å². The summed E-state index contributed by atoms with van der Waals surface area (Å²) in [6.45, 7) is 3.63. The molecule has 0 atom stereocenters. The van der Waals surface area contributed by atoms with E-state index < -0.39 is 11.6 Å². The van der Waals surface area contributed by atoms with Crippen LogP contribution in [0.3, 0.4) is 0 Å². The molecule has 2 nitrogen and oxygen atoms in total. The summed E-state index contributed by atoms with van der Waals surface area (Å²) in [7, 11) is 0. The highest BCUT2D eigenvalue weighted by atomic mass is 35.5. The van der Waals surface area contributed by atoms with Crippen LogP contribution in [-0.2, 0) is 0 Å². The first-order valence-electron chi connectivity index (χ1n) is 4.40.